The van der Waals surface area contributed by atoms with E-state index in [9.17, 15) is 4.79 Å². The summed E-state index contributed by atoms with van der Waals surface area (Å²) in [7, 11) is 1.57. The first-order valence-electron chi connectivity index (χ1n) is 9.13. The minimum Gasteiger partial charge on any atom is -0.495 e. The van der Waals surface area contributed by atoms with Gasteiger partial charge in [-0.3, -0.25) is 4.79 Å². The molecule has 7 heteroatoms. The van der Waals surface area contributed by atoms with Crippen LogP contribution in [0.1, 0.15) is 5.56 Å². The van der Waals surface area contributed by atoms with E-state index in [2.05, 4.69) is 15.5 Å². The number of ether oxygens (including phenoxy) is 1. The van der Waals surface area contributed by atoms with Gasteiger partial charge in [0.05, 0.1) is 12.8 Å². The van der Waals surface area contributed by atoms with E-state index < -0.39 is 0 Å². The molecule has 7 nitrogen and oxygen atoms in total. The highest BCUT2D eigenvalue weighted by Crippen LogP contribution is 2.26. The number of aryl methyl sites for hydroxylation is 1. The van der Waals surface area contributed by atoms with Crippen molar-refractivity contribution in [3.8, 4) is 28.8 Å². The molecule has 0 unspecified atom stereocenters. The Morgan fingerprint density at radius 3 is 2.66 bits per heavy atom. The van der Waals surface area contributed by atoms with Gasteiger partial charge in [0.1, 0.15) is 18.0 Å². The monoisotopic (exact) mass is 388 g/mol. The number of anilines is 1. The van der Waals surface area contributed by atoms with Gasteiger partial charge in [0.2, 0.25) is 11.8 Å². The lowest BCUT2D eigenvalue weighted by molar-refractivity contribution is -0.116. The molecular formula is C22H20N4O3. The zero-order chi connectivity index (χ0) is 20.2. The molecule has 0 saturated heterocycles. The molecule has 0 bridgehead atoms. The minimum absolute atomic E-state index is 0.0997. The Kier molecular flexibility index (Phi) is 5.11. The van der Waals surface area contributed by atoms with Gasteiger partial charge in [0.25, 0.3) is 5.89 Å². The molecular weight excluding hydrogens is 368 g/mol. The van der Waals surface area contributed by atoms with Crippen molar-refractivity contribution < 1.29 is 13.9 Å². The van der Waals surface area contributed by atoms with Gasteiger partial charge in [0, 0.05) is 11.8 Å². The first-order chi connectivity index (χ1) is 14.1. The van der Waals surface area contributed by atoms with Crippen molar-refractivity contribution in [2.75, 3.05) is 12.4 Å². The Morgan fingerprint density at radius 2 is 1.86 bits per heavy atom. The Balaban J connectivity index is 1.52. The largest absolute Gasteiger partial charge is 0.495 e. The van der Waals surface area contributed by atoms with E-state index in [1.807, 2.05) is 67.6 Å². The molecule has 0 spiro atoms. The van der Waals surface area contributed by atoms with Gasteiger partial charge in [-0.2, -0.15) is 0 Å². The van der Waals surface area contributed by atoms with Crippen LogP contribution in [0.15, 0.2) is 71.3 Å². The molecule has 0 aliphatic rings. The fourth-order valence-corrected chi connectivity index (χ4v) is 3.03. The first kappa shape index (κ1) is 18.5. The molecule has 2 aromatic carbocycles. The molecule has 1 N–H and O–H groups in total. The highest BCUT2D eigenvalue weighted by Gasteiger charge is 2.16. The van der Waals surface area contributed by atoms with E-state index in [0.29, 0.717) is 28.9 Å². The van der Waals surface area contributed by atoms with Gasteiger partial charge in [-0.25, -0.2) is 0 Å². The van der Waals surface area contributed by atoms with Crippen molar-refractivity contribution in [2.45, 2.75) is 13.5 Å². The van der Waals surface area contributed by atoms with Gasteiger partial charge in [0.15, 0.2) is 0 Å². The molecule has 0 fully saturated rings. The van der Waals surface area contributed by atoms with Crippen LogP contribution < -0.4 is 10.1 Å². The summed E-state index contributed by atoms with van der Waals surface area (Å²) in [5, 5.41) is 11.2. The van der Waals surface area contributed by atoms with E-state index in [-0.39, 0.29) is 12.5 Å². The maximum atomic E-state index is 12.6. The summed E-state index contributed by atoms with van der Waals surface area (Å²) in [6, 6.07) is 18.8. The number of aromatic nitrogens is 3. The van der Waals surface area contributed by atoms with E-state index in [1.54, 1.807) is 17.9 Å². The lowest BCUT2D eigenvalue weighted by Gasteiger charge is -2.12. The summed E-state index contributed by atoms with van der Waals surface area (Å²) >= 11 is 0. The molecule has 146 valence electrons. The molecule has 4 aromatic rings. The third-order valence-electron chi connectivity index (χ3n) is 4.44. The summed E-state index contributed by atoms with van der Waals surface area (Å²) in [6.45, 7) is 2.06. The summed E-state index contributed by atoms with van der Waals surface area (Å²) in [4.78, 5) is 12.6. The van der Waals surface area contributed by atoms with Crippen molar-refractivity contribution in [1.29, 1.82) is 0 Å². The molecule has 0 radical (unpaired) electrons. The first-order valence-corrected chi connectivity index (χ1v) is 9.13. The molecule has 29 heavy (non-hydrogen) atoms. The van der Waals surface area contributed by atoms with Gasteiger partial charge < -0.3 is 19.0 Å². The van der Waals surface area contributed by atoms with Crippen molar-refractivity contribution >= 4 is 11.6 Å². The number of hydrogen-bond acceptors (Lipinski definition) is 5. The third-order valence-corrected chi connectivity index (χ3v) is 4.44. The lowest BCUT2D eigenvalue weighted by Crippen LogP contribution is -2.19. The van der Waals surface area contributed by atoms with Gasteiger partial charge in [-0.05, 0) is 48.9 Å². The Morgan fingerprint density at radius 1 is 1.07 bits per heavy atom. The summed E-state index contributed by atoms with van der Waals surface area (Å²) in [5.74, 6) is 1.22. The fourth-order valence-electron chi connectivity index (χ4n) is 3.03. The summed E-state index contributed by atoms with van der Waals surface area (Å²) in [5.41, 5.74) is 3.18. The van der Waals surface area contributed by atoms with Crippen LogP contribution in [-0.4, -0.2) is 27.8 Å². The SMILES string of the molecule is COc1ccc(C)cc1NC(=O)Cn1cccc1-c1nnc(-c2ccccc2)o1. The molecule has 0 aliphatic heterocycles. The van der Waals surface area contributed by atoms with Crippen LogP contribution in [0.4, 0.5) is 5.69 Å². The number of carbonyl (C=O) groups excluding carboxylic acids is 1. The molecule has 1 amide bonds. The predicted molar refractivity (Wildman–Crippen MR) is 110 cm³/mol. The molecule has 0 aliphatic carbocycles. The maximum Gasteiger partial charge on any atom is 0.264 e. The Bertz CT molecular complexity index is 1130. The van der Waals surface area contributed by atoms with Crippen LogP contribution >= 0.6 is 0 Å². The molecule has 0 saturated carbocycles. The predicted octanol–water partition coefficient (Wildman–Crippen LogP) is 4.16. The third kappa shape index (κ3) is 4.03. The van der Waals surface area contributed by atoms with Crippen LogP contribution in [0.2, 0.25) is 0 Å². The van der Waals surface area contributed by atoms with Gasteiger partial charge >= 0.3 is 0 Å². The summed E-state index contributed by atoms with van der Waals surface area (Å²) < 4.78 is 12.9. The number of benzene rings is 2. The minimum atomic E-state index is -0.186. The Labute approximate surface area is 168 Å². The van der Waals surface area contributed by atoms with Crippen LogP contribution in [-0.2, 0) is 11.3 Å². The number of methoxy groups -OCH3 is 1. The van der Waals surface area contributed by atoms with Crippen LogP contribution in [0.5, 0.6) is 5.75 Å². The number of amides is 1. The quantitative estimate of drug-likeness (QED) is 0.536. The topological polar surface area (TPSA) is 82.2 Å². The standard InChI is InChI=1S/C22H20N4O3/c1-15-10-11-19(28-2)17(13-15)23-20(27)14-26-12-6-9-18(26)22-25-24-21(29-22)16-7-4-3-5-8-16/h3-13H,14H2,1-2H3,(H,23,27). The number of hydrogen-bond donors (Lipinski definition) is 1. The molecule has 2 heterocycles. The normalized spacial score (nSPS) is 10.7. The van der Waals surface area contributed by atoms with Crippen molar-refractivity contribution in [3.05, 3.63) is 72.4 Å². The smallest absolute Gasteiger partial charge is 0.264 e. The van der Waals surface area contributed by atoms with Crippen LogP contribution in [0, 0.1) is 6.92 Å². The van der Waals surface area contributed by atoms with E-state index in [1.165, 1.54) is 0 Å². The highest BCUT2D eigenvalue weighted by atomic mass is 16.5. The summed E-state index contributed by atoms with van der Waals surface area (Å²) in [6.07, 6.45) is 1.80. The van der Waals surface area contributed by atoms with Crippen molar-refractivity contribution in [2.24, 2.45) is 0 Å². The number of rotatable bonds is 6. The highest BCUT2D eigenvalue weighted by molar-refractivity contribution is 5.92. The number of nitrogens with one attached hydrogen (secondary N) is 1. The van der Waals surface area contributed by atoms with Crippen molar-refractivity contribution in [3.63, 3.8) is 0 Å². The van der Waals surface area contributed by atoms with Gasteiger partial charge in [-0.1, -0.05) is 24.3 Å². The molecule has 0 atom stereocenters. The zero-order valence-electron chi connectivity index (χ0n) is 16.1. The van der Waals surface area contributed by atoms with E-state index in [0.717, 1.165) is 11.1 Å². The molecule has 4 rings (SSSR count). The number of nitrogens with zero attached hydrogens (tertiary/aromatic N) is 3. The zero-order valence-corrected chi connectivity index (χ0v) is 16.1. The van der Waals surface area contributed by atoms with Crippen LogP contribution in [0.3, 0.4) is 0 Å². The van der Waals surface area contributed by atoms with Gasteiger partial charge in [-0.15, -0.1) is 10.2 Å². The average Bonchev–Trinajstić information content (AvgIpc) is 3.38. The fraction of sp³-hybridized carbons (Fsp3) is 0.136. The van der Waals surface area contributed by atoms with Crippen LogP contribution in [0.25, 0.3) is 23.0 Å². The maximum absolute atomic E-state index is 12.6. The van der Waals surface area contributed by atoms with Crippen molar-refractivity contribution in [1.82, 2.24) is 14.8 Å². The Hall–Kier alpha value is -3.87. The lowest BCUT2D eigenvalue weighted by atomic mass is 10.2. The van der Waals surface area contributed by atoms with E-state index >= 15 is 0 Å². The average molecular weight is 388 g/mol. The molecule has 2 aromatic heterocycles. The second kappa shape index (κ2) is 8.02. The second-order valence-corrected chi connectivity index (χ2v) is 6.55. The number of carbonyl (C=O) groups is 1. The van der Waals surface area contributed by atoms with E-state index in [4.69, 9.17) is 9.15 Å². The second-order valence-electron chi connectivity index (χ2n) is 6.55.